The van der Waals surface area contributed by atoms with E-state index in [-0.39, 0.29) is 4.90 Å². The molecule has 21 heavy (non-hydrogen) atoms. The second kappa shape index (κ2) is 7.17. The molecule has 0 radical (unpaired) electrons. The lowest BCUT2D eigenvalue weighted by molar-refractivity contribution is 0.581. The molecule has 2 aromatic heterocycles. The largest absolute Gasteiger partial charge is 0.355 e. The van der Waals surface area contributed by atoms with E-state index in [1.165, 1.54) is 23.7 Å². The van der Waals surface area contributed by atoms with E-state index in [1.807, 2.05) is 13.0 Å². The van der Waals surface area contributed by atoms with Gasteiger partial charge >= 0.3 is 0 Å². The van der Waals surface area contributed by atoms with E-state index in [9.17, 15) is 8.42 Å². The van der Waals surface area contributed by atoms with E-state index in [4.69, 9.17) is 11.6 Å². The van der Waals surface area contributed by atoms with Crippen LogP contribution in [0, 0.1) is 0 Å². The van der Waals surface area contributed by atoms with Crippen LogP contribution in [-0.4, -0.2) is 31.5 Å². The highest BCUT2D eigenvalue weighted by atomic mass is 35.5. The highest BCUT2D eigenvalue weighted by Crippen LogP contribution is 2.21. The van der Waals surface area contributed by atoms with Crippen molar-refractivity contribution >= 4 is 38.9 Å². The zero-order valence-electron chi connectivity index (χ0n) is 11.3. The molecule has 0 bridgehead atoms. The van der Waals surface area contributed by atoms with Crippen LogP contribution >= 0.6 is 22.9 Å². The molecule has 6 nitrogen and oxygen atoms in total. The monoisotopic (exact) mass is 346 g/mol. The number of aromatic nitrogens is 2. The molecule has 0 unspecified atom stereocenters. The highest BCUT2D eigenvalue weighted by Gasteiger charge is 2.14. The van der Waals surface area contributed by atoms with Gasteiger partial charge in [0.15, 0.2) is 0 Å². The van der Waals surface area contributed by atoms with Crippen molar-refractivity contribution in [2.45, 2.75) is 18.2 Å². The van der Waals surface area contributed by atoms with Gasteiger partial charge in [0.2, 0.25) is 16.0 Å². The van der Waals surface area contributed by atoms with Gasteiger partial charge in [0.05, 0.1) is 16.7 Å². The van der Waals surface area contributed by atoms with Crippen molar-refractivity contribution in [2.75, 3.05) is 18.4 Å². The van der Waals surface area contributed by atoms with Crippen LogP contribution < -0.4 is 10.0 Å². The lowest BCUT2D eigenvalue weighted by atomic mass is 10.3. The fourth-order valence-corrected chi connectivity index (χ4v) is 3.59. The van der Waals surface area contributed by atoms with Crippen molar-refractivity contribution in [3.05, 3.63) is 33.7 Å². The fourth-order valence-electron chi connectivity index (χ4n) is 1.58. The van der Waals surface area contributed by atoms with Gasteiger partial charge in [-0.3, -0.25) is 0 Å². The first-order valence-electron chi connectivity index (χ1n) is 6.31. The van der Waals surface area contributed by atoms with Crippen molar-refractivity contribution in [3.63, 3.8) is 0 Å². The van der Waals surface area contributed by atoms with Crippen LogP contribution in [0.2, 0.25) is 4.34 Å². The van der Waals surface area contributed by atoms with Crippen molar-refractivity contribution in [1.29, 1.82) is 0 Å². The van der Waals surface area contributed by atoms with E-state index < -0.39 is 10.0 Å². The Bertz CT molecular complexity index is 686. The maximum absolute atomic E-state index is 12.1. The standard InChI is InChI=1S/C12H15ClN4O2S2/c1-2-14-12-15-7-10(8-16-12)21(18,19)17-6-5-9-3-4-11(13)20-9/h3-4,7-8,17H,2,5-6H2,1H3,(H,14,15,16). The number of rotatable bonds is 7. The van der Waals surface area contributed by atoms with Crippen LogP contribution in [-0.2, 0) is 16.4 Å². The molecule has 2 aromatic rings. The molecule has 0 atom stereocenters. The van der Waals surface area contributed by atoms with Crippen molar-refractivity contribution in [3.8, 4) is 0 Å². The molecule has 0 saturated carbocycles. The number of hydrogen-bond donors (Lipinski definition) is 2. The summed E-state index contributed by atoms with van der Waals surface area (Å²) in [4.78, 5) is 8.97. The van der Waals surface area contributed by atoms with Crippen LogP contribution in [0.3, 0.4) is 0 Å². The Hall–Kier alpha value is -1.22. The number of halogens is 1. The SMILES string of the molecule is CCNc1ncc(S(=O)(=O)NCCc2ccc(Cl)s2)cn1. The number of thiophene rings is 1. The molecule has 2 N–H and O–H groups in total. The summed E-state index contributed by atoms with van der Waals surface area (Å²) in [6, 6.07) is 3.68. The van der Waals surface area contributed by atoms with Crippen LogP contribution in [0.4, 0.5) is 5.95 Å². The number of sulfonamides is 1. The van der Waals surface area contributed by atoms with E-state index in [2.05, 4.69) is 20.0 Å². The summed E-state index contributed by atoms with van der Waals surface area (Å²) in [7, 11) is -3.59. The summed E-state index contributed by atoms with van der Waals surface area (Å²) in [6.45, 7) is 2.88. The van der Waals surface area contributed by atoms with Gasteiger partial charge in [0.25, 0.3) is 0 Å². The van der Waals surface area contributed by atoms with Crippen molar-refractivity contribution in [2.24, 2.45) is 0 Å². The summed E-state index contributed by atoms with van der Waals surface area (Å²) in [5.74, 6) is 0.407. The zero-order chi connectivity index (χ0) is 15.3. The Balaban J connectivity index is 1.94. The van der Waals surface area contributed by atoms with Crippen LogP contribution in [0.15, 0.2) is 29.4 Å². The molecule has 0 aliphatic carbocycles. The Morgan fingerprint density at radius 2 is 2.00 bits per heavy atom. The molecule has 0 amide bonds. The molecule has 0 aliphatic heterocycles. The van der Waals surface area contributed by atoms with Crippen molar-refractivity contribution < 1.29 is 8.42 Å². The third-order valence-corrected chi connectivity index (χ3v) is 5.27. The Labute approximate surface area is 132 Å². The molecule has 0 aliphatic rings. The highest BCUT2D eigenvalue weighted by molar-refractivity contribution is 7.89. The fraction of sp³-hybridized carbons (Fsp3) is 0.333. The minimum atomic E-state index is -3.59. The molecule has 0 fully saturated rings. The van der Waals surface area contributed by atoms with Gasteiger partial charge in [-0.15, -0.1) is 11.3 Å². The second-order valence-corrected chi connectivity index (χ2v) is 7.69. The second-order valence-electron chi connectivity index (χ2n) is 4.13. The number of nitrogens with one attached hydrogen (secondary N) is 2. The minimum Gasteiger partial charge on any atom is -0.355 e. The third kappa shape index (κ3) is 4.63. The van der Waals surface area contributed by atoms with Crippen LogP contribution in [0.25, 0.3) is 0 Å². The summed E-state index contributed by atoms with van der Waals surface area (Å²) in [5, 5.41) is 2.90. The molecule has 2 rings (SSSR count). The van der Waals surface area contributed by atoms with Crippen LogP contribution in [0.1, 0.15) is 11.8 Å². The average molecular weight is 347 g/mol. The first-order valence-corrected chi connectivity index (χ1v) is 8.99. The lowest BCUT2D eigenvalue weighted by Gasteiger charge is -2.06. The van der Waals surface area contributed by atoms with Crippen LogP contribution in [0.5, 0.6) is 0 Å². The lowest BCUT2D eigenvalue weighted by Crippen LogP contribution is -2.26. The molecule has 9 heteroatoms. The van der Waals surface area contributed by atoms with Crippen molar-refractivity contribution in [1.82, 2.24) is 14.7 Å². The van der Waals surface area contributed by atoms with Gasteiger partial charge in [-0.1, -0.05) is 11.6 Å². The minimum absolute atomic E-state index is 0.0494. The predicted octanol–water partition coefficient (Wildman–Crippen LogP) is 2.14. The number of nitrogens with zero attached hydrogens (tertiary/aromatic N) is 2. The van der Waals surface area contributed by atoms with E-state index in [0.29, 0.717) is 29.8 Å². The van der Waals surface area contributed by atoms with E-state index >= 15 is 0 Å². The zero-order valence-corrected chi connectivity index (χ0v) is 13.7. The first-order chi connectivity index (χ1) is 10.0. The molecular formula is C12H15ClN4O2S2. The molecular weight excluding hydrogens is 332 g/mol. The molecule has 2 heterocycles. The number of hydrogen-bond acceptors (Lipinski definition) is 6. The molecule has 0 spiro atoms. The Morgan fingerprint density at radius 3 is 2.57 bits per heavy atom. The van der Waals surface area contributed by atoms with Gasteiger partial charge in [-0.25, -0.2) is 23.1 Å². The molecule has 0 saturated heterocycles. The smallest absolute Gasteiger partial charge is 0.243 e. The van der Waals surface area contributed by atoms with E-state index in [0.717, 1.165) is 4.88 Å². The van der Waals surface area contributed by atoms with Gasteiger partial charge in [-0.05, 0) is 25.5 Å². The summed E-state index contributed by atoms with van der Waals surface area (Å²) in [5.41, 5.74) is 0. The Morgan fingerprint density at radius 1 is 1.29 bits per heavy atom. The topological polar surface area (TPSA) is 84.0 Å². The predicted molar refractivity (Wildman–Crippen MR) is 84.4 cm³/mol. The maximum Gasteiger partial charge on any atom is 0.243 e. The molecule has 0 aromatic carbocycles. The first kappa shape index (κ1) is 16.2. The maximum atomic E-state index is 12.1. The normalized spacial score (nSPS) is 11.5. The van der Waals surface area contributed by atoms with E-state index in [1.54, 1.807) is 6.07 Å². The summed E-state index contributed by atoms with van der Waals surface area (Å²) >= 11 is 7.26. The Kier molecular flexibility index (Phi) is 5.51. The molecule has 114 valence electrons. The van der Waals surface area contributed by atoms with Gasteiger partial charge in [-0.2, -0.15) is 0 Å². The van der Waals surface area contributed by atoms with Gasteiger partial charge in [0.1, 0.15) is 4.90 Å². The number of anilines is 1. The summed E-state index contributed by atoms with van der Waals surface area (Å²) in [6.07, 6.45) is 3.16. The average Bonchev–Trinajstić information content (AvgIpc) is 2.85. The third-order valence-electron chi connectivity index (χ3n) is 2.57. The van der Waals surface area contributed by atoms with Gasteiger partial charge in [0, 0.05) is 18.0 Å². The summed E-state index contributed by atoms with van der Waals surface area (Å²) < 4.78 is 27.3. The quantitative estimate of drug-likeness (QED) is 0.802. The van der Waals surface area contributed by atoms with Gasteiger partial charge < -0.3 is 5.32 Å².